The Hall–Kier alpha value is -3.61. The molecule has 5 rings (SSSR count). The van der Waals surface area contributed by atoms with E-state index in [2.05, 4.69) is 9.97 Å². The van der Waals surface area contributed by atoms with Crippen molar-refractivity contribution in [1.82, 2.24) is 14.5 Å². The van der Waals surface area contributed by atoms with E-state index in [1.807, 2.05) is 43.3 Å². The van der Waals surface area contributed by atoms with Crippen molar-refractivity contribution < 1.29 is 17.9 Å². The molecule has 0 aliphatic heterocycles. The summed E-state index contributed by atoms with van der Waals surface area (Å²) < 4.78 is 47.1. The van der Waals surface area contributed by atoms with Crippen LogP contribution in [0.15, 0.2) is 60.8 Å². The maximum atomic E-state index is 13.1. The van der Waals surface area contributed by atoms with Gasteiger partial charge in [-0.05, 0) is 79.8 Å². The lowest BCUT2D eigenvalue weighted by Gasteiger charge is -2.26. The van der Waals surface area contributed by atoms with E-state index in [0.29, 0.717) is 35.2 Å². The molecule has 0 N–H and O–H groups in total. The molecule has 0 atom stereocenters. The number of nitrogens with zero attached hydrogens (tertiary/aromatic N) is 3. The van der Waals surface area contributed by atoms with Crippen molar-refractivity contribution in [3.63, 3.8) is 0 Å². The number of rotatable bonds is 6. The zero-order valence-corrected chi connectivity index (χ0v) is 18.7. The van der Waals surface area contributed by atoms with Gasteiger partial charge in [0.15, 0.2) is 5.65 Å². The van der Waals surface area contributed by atoms with E-state index in [9.17, 15) is 13.2 Å². The molecular weight excluding hydrogens is 439 g/mol. The molecule has 0 radical (unpaired) electrons. The van der Waals surface area contributed by atoms with E-state index in [1.165, 1.54) is 31.4 Å². The molecule has 7 heteroatoms. The molecule has 1 saturated carbocycles. The number of imidazole rings is 1. The summed E-state index contributed by atoms with van der Waals surface area (Å²) in [5.41, 5.74) is 3.08. The van der Waals surface area contributed by atoms with E-state index < -0.39 is 11.7 Å². The van der Waals surface area contributed by atoms with Gasteiger partial charge in [-0.1, -0.05) is 24.6 Å². The Kier molecular flexibility index (Phi) is 5.86. The number of hydrogen-bond donors (Lipinski definition) is 0. The number of pyridine rings is 1. The van der Waals surface area contributed by atoms with E-state index in [0.717, 1.165) is 29.0 Å². The molecule has 0 amide bonds. The Bertz CT molecular complexity index is 1340. The predicted molar refractivity (Wildman–Crippen MR) is 127 cm³/mol. The van der Waals surface area contributed by atoms with Crippen LogP contribution in [0.5, 0.6) is 5.75 Å². The third kappa shape index (κ3) is 4.42. The van der Waals surface area contributed by atoms with Gasteiger partial charge in [0.25, 0.3) is 0 Å². The van der Waals surface area contributed by atoms with Crippen molar-refractivity contribution in [3.8, 4) is 11.4 Å². The number of fused-ring (bicyclic) bond motifs is 1. The molecule has 34 heavy (non-hydrogen) atoms. The minimum atomic E-state index is -4.39. The first-order valence-electron chi connectivity index (χ1n) is 11.3. The Labute approximate surface area is 195 Å². The highest BCUT2D eigenvalue weighted by atomic mass is 19.4. The number of halogens is 3. The van der Waals surface area contributed by atoms with Gasteiger partial charge >= 0.3 is 6.18 Å². The smallest absolute Gasteiger partial charge is 0.416 e. The third-order valence-corrected chi connectivity index (χ3v) is 6.24. The summed E-state index contributed by atoms with van der Waals surface area (Å²) in [4.78, 5) is 9.09. The molecule has 4 aromatic rings. The summed E-state index contributed by atoms with van der Waals surface area (Å²) in [5, 5.41) is 0. The number of benzene rings is 2. The van der Waals surface area contributed by atoms with Crippen LogP contribution in [0.2, 0.25) is 0 Å². The van der Waals surface area contributed by atoms with Gasteiger partial charge in [0.1, 0.15) is 17.1 Å². The maximum absolute atomic E-state index is 13.1. The van der Waals surface area contributed by atoms with Crippen LogP contribution in [-0.2, 0) is 6.18 Å². The van der Waals surface area contributed by atoms with Crippen LogP contribution in [0.25, 0.3) is 29.0 Å². The quantitative estimate of drug-likeness (QED) is 0.306. The minimum absolute atomic E-state index is 0.555. The van der Waals surface area contributed by atoms with Crippen molar-refractivity contribution in [2.75, 3.05) is 6.61 Å². The van der Waals surface area contributed by atoms with E-state index in [4.69, 9.17) is 4.74 Å². The summed E-state index contributed by atoms with van der Waals surface area (Å²) in [6.07, 6.45) is 4.73. The van der Waals surface area contributed by atoms with Crippen molar-refractivity contribution in [1.29, 1.82) is 0 Å². The van der Waals surface area contributed by atoms with Gasteiger partial charge < -0.3 is 4.74 Å². The molecule has 0 unspecified atom stereocenters. The fourth-order valence-corrected chi connectivity index (χ4v) is 4.12. The van der Waals surface area contributed by atoms with Crippen LogP contribution in [-0.4, -0.2) is 21.1 Å². The van der Waals surface area contributed by atoms with Crippen LogP contribution in [0.3, 0.4) is 0 Å². The number of aromatic nitrogens is 3. The van der Waals surface area contributed by atoms with Crippen LogP contribution >= 0.6 is 0 Å². The molecule has 1 aliphatic carbocycles. The molecule has 0 bridgehead atoms. The topological polar surface area (TPSA) is 39.9 Å². The fraction of sp³-hybridized carbons (Fsp3) is 0.259. The standard InChI is InChI=1S/C27H24F3N3O/c1-18-5-2-8-20(25(18)34-17-19-6-3-7-19)10-15-24-32-23-9-4-16-31-26(23)33(24)22-13-11-21(12-14-22)27(28,29)30/h2,4-5,8-16,19H,3,6-7,17H2,1H3. The highest BCUT2D eigenvalue weighted by Gasteiger charge is 2.30. The van der Waals surface area contributed by atoms with Crippen LogP contribution in [0.4, 0.5) is 13.2 Å². The van der Waals surface area contributed by atoms with Gasteiger partial charge in [-0.15, -0.1) is 0 Å². The Morgan fingerprint density at radius 3 is 2.53 bits per heavy atom. The molecule has 1 fully saturated rings. The molecule has 2 heterocycles. The van der Waals surface area contributed by atoms with Gasteiger partial charge in [-0.2, -0.15) is 13.2 Å². The number of ether oxygens (including phenoxy) is 1. The van der Waals surface area contributed by atoms with Crippen molar-refractivity contribution in [3.05, 3.63) is 83.3 Å². The van der Waals surface area contributed by atoms with Crippen molar-refractivity contribution in [2.24, 2.45) is 5.92 Å². The molecule has 4 nitrogen and oxygen atoms in total. The number of hydrogen-bond acceptors (Lipinski definition) is 3. The lowest BCUT2D eigenvalue weighted by Crippen LogP contribution is -2.19. The van der Waals surface area contributed by atoms with Crippen LogP contribution < -0.4 is 4.74 Å². The lowest BCUT2D eigenvalue weighted by atomic mass is 9.86. The van der Waals surface area contributed by atoms with Crippen molar-refractivity contribution >= 4 is 23.3 Å². The van der Waals surface area contributed by atoms with Crippen LogP contribution in [0, 0.1) is 12.8 Å². The number of aryl methyl sites for hydroxylation is 1. The largest absolute Gasteiger partial charge is 0.492 e. The van der Waals surface area contributed by atoms with Crippen LogP contribution in [0.1, 0.15) is 41.8 Å². The van der Waals surface area contributed by atoms with E-state index in [-0.39, 0.29) is 0 Å². The van der Waals surface area contributed by atoms with Gasteiger partial charge in [-0.3, -0.25) is 4.57 Å². The van der Waals surface area contributed by atoms with Gasteiger partial charge in [-0.25, -0.2) is 9.97 Å². The monoisotopic (exact) mass is 463 g/mol. The molecule has 2 aromatic heterocycles. The zero-order valence-electron chi connectivity index (χ0n) is 18.7. The number of alkyl halides is 3. The highest BCUT2D eigenvalue weighted by molar-refractivity contribution is 5.80. The second-order valence-electron chi connectivity index (χ2n) is 8.63. The van der Waals surface area contributed by atoms with Gasteiger partial charge in [0.05, 0.1) is 12.2 Å². The Morgan fingerprint density at radius 1 is 1.03 bits per heavy atom. The molecule has 0 saturated heterocycles. The normalized spacial score (nSPS) is 14.6. The van der Waals surface area contributed by atoms with Gasteiger partial charge in [0, 0.05) is 17.4 Å². The Balaban J connectivity index is 1.52. The second-order valence-corrected chi connectivity index (χ2v) is 8.63. The molecule has 174 valence electrons. The number of para-hydroxylation sites is 1. The average molecular weight is 464 g/mol. The molecule has 0 spiro atoms. The fourth-order valence-electron chi connectivity index (χ4n) is 4.12. The first-order valence-corrected chi connectivity index (χ1v) is 11.3. The average Bonchev–Trinajstić information content (AvgIpc) is 3.16. The van der Waals surface area contributed by atoms with E-state index >= 15 is 0 Å². The first kappa shape index (κ1) is 22.2. The molecular formula is C27H24F3N3O. The first-order chi connectivity index (χ1) is 16.4. The lowest BCUT2D eigenvalue weighted by molar-refractivity contribution is -0.137. The molecule has 2 aromatic carbocycles. The van der Waals surface area contributed by atoms with Crippen molar-refractivity contribution in [2.45, 2.75) is 32.4 Å². The SMILES string of the molecule is Cc1cccc(C=Cc2nc3cccnc3n2-c2ccc(C(F)(F)F)cc2)c1OCC1CCC1. The summed E-state index contributed by atoms with van der Waals surface area (Å²) in [5.74, 6) is 2.03. The van der Waals surface area contributed by atoms with Gasteiger partial charge in [0.2, 0.25) is 0 Å². The maximum Gasteiger partial charge on any atom is 0.416 e. The van der Waals surface area contributed by atoms with E-state index in [1.54, 1.807) is 16.8 Å². The summed E-state index contributed by atoms with van der Waals surface area (Å²) >= 11 is 0. The summed E-state index contributed by atoms with van der Waals surface area (Å²) in [6, 6.07) is 14.6. The second kappa shape index (κ2) is 8.97. The molecule has 1 aliphatic rings. The third-order valence-electron chi connectivity index (χ3n) is 6.24. The summed E-state index contributed by atoms with van der Waals surface area (Å²) in [6.45, 7) is 2.73. The predicted octanol–water partition coefficient (Wildman–Crippen LogP) is 7.10. The minimum Gasteiger partial charge on any atom is -0.492 e. The Morgan fingerprint density at radius 2 is 1.82 bits per heavy atom. The summed E-state index contributed by atoms with van der Waals surface area (Å²) in [7, 11) is 0. The highest BCUT2D eigenvalue weighted by Crippen LogP contribution is 2.32. The zero-order chi connectivity index (χ0) is 23.7.